The van der Waals surface area contributed by atoms with Gasteiger partial charge in [0.15, 0.2) is 0 Å². The Balaban J connectivity index is 2.15. The van der Waals surface area contributed by atoms with Crippen molar-refractivity contribution < 1.29 is 18.0 Å². The summed E-state index contributed by atoms with van der Waals surface area (Å²) in [4.78, 5) is 16.4. The standard InChI is InChI=1S/C15H12F3N5O/c16-15(17,18)12-6-13(10-8-20-23(9-10)4-5-24)21-14(11(12)7-19)22-2-1-3-22/h5-6,8-9H,1-4H2. The number of aldehydes is 1. The average Bonchev–Trinajstić information content (AvgIpc) is 2.93. The first-order chi connectivity index (χ1) is 11.4. The lowest BCUT2D eigenvalue weighted by atomic mass is 10.0. The van der Waals surface area contributed by atoms with E-state index < -0.39 is 17.3 Å². The summed E-state index contributed by atoms with van der Waals surface area (Å²) in [5.41, 5.74) is -1.06. The molecule has 1 fully saturated rings. The monoisotopic (exact) mass is 335 g/mol. The quantitative estimate of drug-likeness (QED) is 0.801. The molecule has 0 spiro atoms. The molecule has 1 aliphatic rings. The van der Waals surface area contributed by atoms with Gasteiger partial charge < -0.3 is 9.69 Å². The molecule has 2 aromatic heterocycles. The fourth-order valence-electron chi connectivity index (χ4n) is 2.44. The van der Waals surface area contributed by atoms with Gasteiger partial charge in [0.2, 0.25) is 0 Å². The van der Waals surface area contributed by atoms with E-state index in [0.29, 0.717) is 24.9 Å². The molecule has 9 heteroatoms. The van der Waals surface area contributed by atoms with E-state index >= 15 is 0 Å². The molecule has 0 aromatic carbocycles. The Morgan fingerprint density at radius 1 is 1.38 bits per heavy atom. The van der Waals surface area contributed by atoms with Gasteiger partial charge in [0.25, 0.3) is 0 Å². The van der Waals surface area contributed by atoms with Gasteiger partial charge in [0.1, 0.15) is 23.7 Å². The fraction of sp³-hybridized carbons (Fsp3) is 0.333. The third kappa shape index (κ3) is 2.82. The van der Waals surface area contributed by atoms with Crippen LogP contribution in [-0.4, -0.2) is 34.1 Å². The number of anilines is 1. The van der Waals surface area contributed by atoms with Crippen LogP contribution in [0.4, 0.5) is 19.0 Å². The van der Waals surface area contributed by atoms with Crippen molar-refractivity contribution in [2.45, 2.75) is 19.1 Å². The molecule has 0 atom stereocenters. The third-order valence-corrected chi connectivity index (χ3v) is 3.76. The van der Waals surface area contributed by atoms with Crippen LogP contribution in [0, 0.1) is 11.3 Å². The molecule has 124 valence electrons. The zero-order valence-electron chi connectivity index (χ0n) is 12.4. The normalized spacial score (nSPS) is 14.2. The van der Waals surface area contributed by atoms with Crippen LogP contribution in [-0.2, 0) is 17.5 Å². The summed E-state index contributed by atoms with van der Waals surface area (Å²) in [6.07, 6.45) is -0.396. The summed E-state index contributed by atoms with van der Waals surface area (Å²) in [5.74, 6) is 0.0386. The van der Waals surface area contributed by atoms with E-state index in [2.05, 4.69) is 10.1 Å². The van der Waals surface area contributed by atoms with Crippen LogP contribution in [0.2, 0.25) is 0 Å². The zero-order valence-corrected chi connectivity index (χ0v) is 12.4. The van der Waals surface area contributed by atoms with Crippen molar-refractivity contribution >= 4 is 12.1 Å². The number of aromatic nitrogens is 3. The Hall–Kier alpha value is -2.89. The molecule has 24 heavy (non-hydrogen) atoms. The van der Waals surface area contributed by atoms with Gasteiger partial charge >= 0.3 is 6.18 Å². The lowest BCUT2D eigenvalue weighted by molar-refractivity contribution is -0.137. The first-order valence-electron chi connectivity index (χ1n) is 7.18. The van der Waals surface area contributed by atoms with Crippen LogP contribution in [0.1, 0.15) is 17.5 Å². The summed E-state index contributed by atoms with van der Waals surface area (Å²) in [5, 5.41) is 13.1. The Morgan fingerprint density at radius 2 is 2.12 bits per heavy atom. The van der Waals surface area contributed by atoms with Gasteiger partial charge in [-0.3, -0.25) is 4.68 Å². The Morgan fingerprint density at radius 3 is 2.67 bits per heavy atom. The van der Waals surface area contributed by atoms with E-state index in [1.165, 1.54) is 17.1 Å². The van der Waals surface area contributed by atoms with E-state index in [9.17, 15) is 23.2 Å². The van der Waals surface area contributed by atoms with Crippen LogP contribution >= 0.6 is 0 Å². The maximum Gasteiger partial charge on any atom is 0.417 e. The van der Waals surface area contributed by atoms with Crippen molar-refractivity contribution in [3.8, 4) is 17.3 Å². The molecule has 1 aliphatic heterocycles. The summed E-state index contributed by atoms with van der Waals surface area (Å²) in [6.45, 7) is 1.13. The topological polar surface area (TPSA) is 74.8 Å². The van der Waals surface area contributed by atoms with E-state index in [-0.39, 0.29) is 18.1 Å². The lowest BCUT2D eigenvalue weighted by Gasteiger charge is -2.33. The predicted molar refractivity (Wildman–Crippen MR) is 78.1 cm³/mol. The highest BCUT2D eigenvalue weighted by atomic mass is 19.4. The number of nitriles is 1. The Kier molecular flexibility index (Phi) is 3.97. The van der Waals surface area contributed by atoms with E-state index in [1.807, 2.05) is 0 Å². The van der Waals surface area contributed by atoms with E-state index in [4.69, 9.17) is 0 Å². The van der Waals surface area contributed by atoms with Crippen molar-refractivity contribution in [3.63, 3.8) is 0 Å². The van der Waals surface area contributed by atoms with Gasteiger partial charge in [-0.2, -0.15) is 23.5 Å². The molecule has 0 N–H and O–H groups in total. The SMILES string of the molecule is N#Cc1c(C(F)(F)F)cc(-c2cnn(CC=O)c2)nc1N1CCC1. The minimum Gasteiger partial charge on any atom is -0.355 e. The number of carbonyl (C=O) groups excluding carboxylic acids is 1. The van der Waals surface area contributed by atoms with Gasteiger partial charge in [0, 0.05) is 24.8 Å². The van der Waals surface area contributed by atoms with Crippen LogP contribution in [0.5, 0.6) is 0 Å². The molecule has 6 nitrogen and oxygen atoms in total. The molecule has 0 amide bonds. The molecule has 0 bridgehead atoms. The van der Waals surface area contributed by atoms with Gasteiger partial charge in [-0.1, -0.05) is 0 Å². The van der Waals surface area contributed by atoms with Crippen LogP contribution < -0.4 is 4.90 Å². The van der Waals surface area contributed by atoms with Crippen molar-refractivity contribution in [2.24, 2.45) is 0 Å². The van der Waals surface area contributed by atoms with Crippen molar-refractivity contribution in [2.75, 3.05) is 18.0 Å². The second-order valence-corrected chi connectivity index (χ2v) is 5.32. The average molecular weight is 335 g/mol. The summed E-state index contributed by atoms with van der Waals surface area (Å²) < 4.78 is 41.4. The van der Waals surface area contributed by atoms with E-state index in [0.717, 1.165) is 12.5 Å². The van der Waals surface area contributed by atoms with Crippen molar-refractivity contribution in [3.05, 3.63) is 29.6 Å². The van der Waals surface area contributed by atoms with Gasteiger partial charge in [-0.05, 0) is 12.5 Å². The number of nitrogens with zero attached hydrogens (tertiary/aromatic N) is 5. The van der Waals surface area contributed by atoms with Crippen LogP contribution in [0.3, 0.4) is 0 Å². The van der Waals surface area contributed by atoms with Crippen molar-refractivity contribution in [1.82, 2.24) is 14.8 Å². The van der Waals surface area contributed by atoms with Crippen LogP contribution in [0.25, 0.3) is 11.3 Å². The number of hydrogen-bond donors (Lipinski definition) is 0. The second kappa shape index (κ2) is 5.96. The summed E-state index contributed by atoms with van der Waals surface area (Å²) >= 11 is 0. The minimum absolute atomic E-state index is 0.00138. The first-order valence-corrected chi connectivity index (χ1v) is 7.18. The summed E-state index contributed by atoms with van der Waals surface area (Å²) in [7, 11) is 0. The number of rotatable bonds is 4. The number of halogens is 3. The van der Waals surface area contributed by atoms with Crippen LogP contribution in [0.15, 0.2) is 18.5 Å². The largest absolute Gasteiger partial charge is 0.417 e. The number of carbonyl (C=O) groups is 1. The number of alkyl halides is 3. The molecule has 3 heterocycles. The maximum atomic E-state index is 13.4. The molecule has 0 saturated carbocycles. The minimum atomic E-state index is -4.67. The first kappa shape index (κ1) is 16.0. The molecule has 3 rings (SSSR count). The Labute approximate surface area is 135 Å². The molecule has 2 aromatic rings. The maximum absolute atomic E-state index is 13.4. The second-order valence-electron chi connectivity index (χ2n) is 5.32. The van der Waals surface area contributed by atoms with E-state index in [1.54, 1.807) is 11.0 Å². The number of pyridine rings is 1. The van der Waals surface area contributed by atoms with Gasteiger partial charge in [0.05, 0.1) is 24.0 Å². The molecule has 0 unspecified atom stereocenters. The Bertz CT molecular complexity index is 817. The fourth-order valence-corrected chi connectivity index (χ4v) is 2.44. The molecule has 0 aliphatic carbocycles. The highest BCUT2D eigenvalue weighted by Crippen LogP contribution is 2.38. The smallest absolute Gasteiger partial charge is 0.355 e. The molecule has 1 saturated heterocycles. The third-order valence-electron chi connectivity index (χ3n) is 3.76. The molecular weight excluding hydrogens is 323 g/mol. The zero-order chi connectivity index (χ0) is 17.3. The van der Waals surface area contributed by atoms with Gasteiger partial charge in [-0.15, -0.1) is 0 Å². The highest BCUT2D eigenvalue weighted by molar-refractivity contribution is 5.68. The lowest BCUT2D eigenvalue weighted by Crippen LogP contribution is -2.38. The number of hydrogen-bond acceptors (Lipinski definition) is 5. The highest BCUT2D eigenvalue weighted by Gasteiger charge is 2.37. The predicted octanol–water partition coefficient (Wildman–Crippen LogP) is 2.24. The van der Waals surface area contributed by atoms with Gasteiger partial charge in [-0.25, -0.2) is 4.98 Å². The molecular formula is C15H12F3N5O. The van der Waals surface area contributed by atoms with Crippen molar-refractivity contribution in [1.29, 1.82) is 5.26 Å². The summed E-state index contributed by atoms with van der Waals surface area (Å²) in [6, 6.07) is 2.48. The molecule has 0 radical (unpaired) electrons.